The lowest BCUT2D eigenvalue weighted by atomic mass is 10.2. The summed E-state index contributed by atoms with van der Waals surface area (Å²) >= 11 is 5.51. The second-order valence-electron chi connectivity index (χ2n) is 3.25. The van der Waals surface area contributed by atoms with Crippen LogP contribution in [0.3, 0.4) is 0 Å². The van der Waals surface area contributed by atoms with Crippen LogP contribution in [0.4, 0.5) is 0 Å². The van der Waals surface area contributed by atoms with Crippen molar-refractivity contribution in [3.05, 3.63) is 11.6 Å². The van der Waals surface area contributed by atoms with E-state index in [2.05, 4.69) is 11.9 Å². The van der Waals surface area contributed by atoms with Gasteiger partial charge in [-0.3, -0.25) is 4.79 Å². The molecule has 1 N–H and O–H groups in total. The predicted octanol–water partition coefficient (Wildman–Crippen LogP) is 1.42. The Hall–Kier alpha value is -0.540. The minimum Gasteiger partial charge on any atom is -0.365 e. The lowest BCUT2D eigenvalue weighted by Crippen LogP contribution is -2.35. The van der Waals surface area contributed by atoms with Crippen molar-refractivity contribution in [2.75, 3.05) is 6.54 Å². The number of halogens is 1. The maximum Gasteiger partial charge on any atom is 0.249 e. The number of nitrogens with one attached hydrogen (secondary N) is 1. The average Bonchev–Trinajstić information content (AvgIpc) is 2.47. The maximum atomic E-state index is 11.4. The molecule has 3 nitrogen and oxygen atoms in total. The zero-order valence-corrected chi connectivity index (χ0v) is 8.43. The summed E-state index contributed by atoms with van der Waals surface area (Å²) < 4.78 is 5.37. The van der Waals surface area contributed by atoms with E-state index in [0.29, 0.717) is 11.6 Å². The third kappa shape index (κ3) is 3.36. The van der Waals surface area contributed by atoms with Crippen LogP contribution in [0.5, 0.6) is 0 Å². The Labute approximate surface area is 83.1 Å². The molecule has 13 heavy (non-hydrogen) atoms. The van der Waals surface area contributed by atoms with Crippen LogP contribution >= 0.6 is 11.6 Å². The van der Waals surface area contributed by atoms with Gasteiger partial charge in [0, 0.05) is 5.03 Å². The topological polar surface area (TPSA) is 38.3 Å². The lowest BCUT2D eigenvalue weighted by molar-refractivity contribution is -0.131. The molecule has 1 aliphatic heterocycles. The van der Waals surface area contributed by atoms with Crippen molar-refractivity contribution in [1.29, 1.82) is 0 Å². The third-order valence-electron chi connectivity index (χ3n) is 1.98. The van der Waals surface area contributed by atoms with Crippen molar-refractivity contribution in [2.45, 2.75) is 32.0 Å². The van der Waals surface area contributed by atoms with Crippen LogP contribution in [0.2, 0.25) is 0 Å². The smallest absolute Gasteiger partial charge is 0.249 e. The monoisotopic (exact) mass is 203 g/mol. The van der Waals surface area contributed by atoms with Gasteiger partial charge in [0.2, 0.25) is 5.91 Å². The highest BCUT2D eigenvalue weighted by Crippen LogP contribution is 2.18. The normalized spacial score (nSPS) is 27.2. The molecule has 2 atom stereocenters. The Morgan fingerprint density at radius 3 is 2.85 bits per heavy atom. The van der Waals surface area contributed by atoms with Gasteiger partial charge in [0.25, 0.3) is 0 Å². The highest BCUT2D eigenvalue weighted by atomic mass is 35.5. The van der Waals surface area contributed by atoms with Crippen molar-refractivity contribution >= 4 is 17.5 Å². The van der Waals surface area contributed by atoms with Crippen LogP contribution in [-0.2, 0) is 9.53 Å². The van der Waals surface area contributed by atoms with Crippen LogP contribution in [-0.4, -0.2) is 24.7 Å². The molecular formula is C9H14ClNO2. The van der Waals surface area contributed by atoms with Crippen molar-refractivity contribution in [3.8, 4) is 0 Å². The third-order valence-corrected chi connectivity index (χ3v) is 2.11. The van der Waals surface area contributed by atoms with Crippen molar-refractivity contribution in [1.82, 2.24) is 5.32 Å². The molecule has 0 unspecified atom stereocenters. The molecule has 1 saturated heterocycles. The Morgan fingerprint density at radius 2 is 2.38 bits per heavy atom. The second-order valence-corrected chi connectivity index (χ2v) is 3.78. The summed E-state index contributed by atoms with van der Waals surface area (Å²) in [5.74, 6) is -0.0915. The zero-order valence-electron chi connectivity index (χ0n) is 7.68. The summed E-state index contributed by atoms with van der Waals surface area (Å²) in [6.07, 6.45) is 1.63. The number of amides is 1. The summed E-state index contributed by atoms with van der Waals surface area (Å²) in [6.45, 7) is 5.76. The molecule has 0 aromatic carbocycles. The molecule has 0 aliphatic carbocycles. The van der Waals surface area contributed by atoms with Crippen LogP contribution in [0.15, 0.2) is 11.6 Å². The van der Waals surface area contributed by atoms with Gasteiger partial charge in [-0.05, 0) is 19.8 Å². The van der Waals surface area contributed by atoms with Gasteiger partial charge in [0.1, 0.15) is 6.10 Å². The number of carbonyl (C=O) groups excluding carboxylic acids is 1. The minimum absolute atomic E-state index is 0.0915. The molecule has 0 bridgehead atoms. The average molecular weight is 204 g/mol. The van der Waals surface area contributed by atoms with E-state index in [0.717, 1.165) is 12.8 Å². The van der Waals surface area contributed by atoms with Crippen LogP contribution in [0, 0.1) is 0 Å². The number of ether oxygens (including phenoxy) is 1. The molecule has 4 heteroatoms. The van der Waals surface area contributed by atoms with E-state index in [9.17, 15) is 4.79 Å². The SMILES string of the molecule is C=C(Cl)CNC(=O)[C@@H]1CC[C@H](C)O1. The first kappa shape index (κ1) is 10.5. The van der Waals surface area contributed by atoms with Crippen molar-refractivity contribution in [3.63, 3.8) is 0 Å². The van der Waals surface area contributed by atoms with Gasteiger partial charge in [0.15, 0.2) is 0 Å². The Morgan fingerprint density at radius 1 is 1.69 bits per heavy atom. The zero-order chi connectivity index (χ0) is 9.84. The molecule has 1 rings (SSSR count). The largest absolute Gasteiger partial charge is 0.365 e. The molecule has 1 heterocycles. The fraction of sp³-hybridized carbons (Fsp3) is 0.667. The summed E-state index contributed by atoms with van der Waals surface area (Å²) in [6, 6.07) is 0. The van der Waals surface area contributed by atoms with E-state index in [4.69, 9.17) is 16.3 Å². The predicted molar refractivity (Wildman–Crippen MR) is 51.6 cm³/mol. The van der Waals surface area contributed by atoms with Gasteiger partial charge in [0.05, 0.1) is 12.6 Å². The van der Waals surface area contributed by atoms with Crippen molar-refractivity contribution < 1.29 is 9.53 Å². The molecule has 0 aromatic rings. The number of hydrogen-bond acceptors (Lipinski definition) is 2. The van der Waals surface area contributed by atoms with E-state index in [1.807, 2.05) is 6.92 Å². The number of hydrogen-bond donors (Lipinski definition) is 1. The molecular weight excluding hydrogens is 190 g/mol. The molecule has 1 amide bonds. The summed E-state index contributed by atoms with van der Waals surface area (Å²) in [7, 11) is 0. The summed E-state index contributed by atoms with van der Waals surface area (Å²) in [5.41, 5.74) is 0. The van der Waals surface area contributed by atoms with E-state index < -0.39 is 0 Å². The second kappa shape index (κ2) is 4.63. The van der Waals surface area contributed by atoms with Crippen LogP contribution in [0.25, 0.3) is 0 Å². The summed E-state index contributed by atoms with van der Waals surface area (Å²) in [5, 5.41) is 3.08. The first-order chi connectivity index (χ1) is 6.09. The van der Waals surface area contributed by atoms with Gasteiger partial charge in [-0.25, -0.2) is 0 Å². The standard InChI is InChI=1S/C9H14ClNO2/c1-6(10)5-11-9(12)8-4-3-7(2)13-8/h7-8H,1,3-5H2,2H3,(H,11,12)/t7-,8-/m0/s1. The lowest BCUT2D eigenvalue weighted by Gasteiger charge is -2.10. The molecule has 0 saturated carbocycles. The Kier molecular flexibility index (Phi) is 3.75. The van der Waals surface area contributed by atoms with E-state index >= 15 is 0 Å². The van der Waals surface area contributed by atoms with E-state index in [-0.39, 0.29) is 18.1 Å². The fourth-order valence-electron chi connectivity index (χ4n) is 1.29. The van der Waals surface area contributed by atoms with Crippen LogP contribution < -0.4 is 5.32 Å². The highest BCUT2D eigenvalue weighted by molar-refractivity contribution is 6.29. The molecule has 0 radical (unpaired) electrons. The van der Waals surface area contributed by atoms with E-state index in [1.54, 1.807) is 0 Å². The maximum absolute atomic E-state index is 11.4. The minimum atomic E-state index is -0.300. The van der Waals surface area contributed by atoms with Gasteiger partial charge in [-0.2, -0.15) is 0 Å². The first-order valence-electron chi connectivity index (χ1n) is 4.36. The number of rotatable bonds is 3. The van der Waals surface area contributed by atoms with Gasteiger partial charge < -0.3 is 10.1 Å². The Bertz CT molecular complexity index is 218. The van der Waals surface area contributed by atoms with Gasteiger partial charge >= 0.3 is 0 Å². The highest BCUT2D eigenvalue weighted by Gasteiger charge is 2.27. The fourth-order valence-corrected chi connectivity index (χ4v) is 1.36. The van der Waals surface area contributed by atoms with Gasteiger partial charge in [-0.1, -0.05) is 18.2 Å². The quantitative estimate of drug-likeness (QED) is 0.754. The number of carbonyl (C=O) groups is 1. The molecule has 0 aromatic heterocycles. The van der Waals surface area contributed by atoms with Crippen LogP contribution in [0.1, 0.15) is 19.8 Å². The molecule has 1 fully saturated rings. The molecule has 74 valence electrons. The van der Waals surface area contributed by atoms with Gasteiger partial charge in [-0.15, -0.1) is 0 Å². The van der Waals surface area contributed by atoms with E-state index in [1.165, 1.54) is 0 Å². The summed E-state index contributed by atoms with van der Waals surface area (Å²) in [4.78, 5) is 11.4. The Balaban J connectivity index is 2.27. The molecule has 0 spiro atoms. The first-order valence-corrected chi connectivity index (χ1v) is 4.74. The van der Waals surface area contributed by atoms with Crippen molar-refractivity contribution in [2.24, 2.45) is 0 Å². The molecule has 1 aliphatic rings.